The fraction of sp³-hybridized carbons (Fsp3) is 0.333. The number of hydrogen-bond acceptors (Lipinski definition) is 3. The predicted octanol–water partition coefficient (Wildman–Crippen LogP) is 5.42. The van der Waals surface area contributed by atoms with Gasteiger partial charge in [0.2, 0.25) is 0 Å². The van der Waals surface area contributed by atoms with Crippen LogP contribution in [0.3, 0.4) is 0 Å². The van der Waals surface area contributed by atoms with E-state index in [9.17, 15) is 9.59 Å². The molecule has 0 bridgehead atoms. The molecule has 0 saturated carbocycles. The van der Waals surface area contributed by atoms with Gasteiger partial charge in [0.05, 0.1) is 17.9 Å². The van der Waals surface area contributed by atoms with Crippen LogP contribution < -0.4 is 9.64 Å². The van der Waals surface area contributed by atoms with Gasteiger partial charge in [-0.15, -0.1) is 0 Å². The lowest BCUT2D eigenvalue weighted by Gasteiger charge is -2.18. The summed E-state index contributed by atoms with van der Waals surface area (Å²) in [6.45, 7) is 6.84. The molecule has 3 rings (SSSR count). The summed E-state index contributed by atoms with van der Waals surface area (Å²) in [5.41, 5.74) is 4.09. The molecule has 0 unspecified atom stereocenters. The Bertz CT molecular complexity index is 903. The molecule has 2 aromatic carbocycles. The standard InChI is InChI=1S/C21H21BrClNO3/c1-12-8-16-19(17(22)9-12)24(21(26)20(16)25)6-4-5-7-27-15-10-13(2)18(23)14(3)11-15/h8-11H,4-7H2,1-3H3. The number of carbonyl (C=O) groups excluding carboxylic acids is 2. The average molecular weight is 451 g/mol. The number of nitrogens with zero attached hydrogens (tertiary/aromatic N) is 1. The number of halogens is 2. The summed E-state index contributed by atoms with van der Waals surface area (Å²) in [5, 5.41) is 0.763. The van der Waals surface area contributed by atoms with Crippen LogP contribution in [0.5, 0.6) is 5.75 Å². The lowest BCUT2D eigenvalue weighted by atomic mass is 10.1. The van der Waals surface area contributed by atoms with Gasteiger partial charge in [-0.05, 0) is 90.5 Å². The topological polar surface area (TPSA) is 46.6 Å². The minimum absolute atomic E-state index is 0.433. The zero-order chi connectivity index (χ0) is 19.7. The highest BCUT2D eigenvalue weighted by Gasteiger charge is 2.37. The molecule has 0 aliphatic carbocycles. The first-order valence-electron chi connectivity index (χ1n) is 8.85. The van der Waals surface area contributed by atoms with Crippen LogP contribution in [-0.4, -0.2) is 24.8 Å². The zero-order valence-electron chi connectivity index (χ0n) is 15.6. The van der Waals surface area contributed by atoms with E-state index in [1.54, 1.807) is 11.0 Å². The van der Waals surface area contributed by atoms with Crippen LogP contribution in [0.2, 0.25) is 5.02 Å². The van der Waals surface area contributed by atoms with Gasteiger partial charge in [0.1, 0.15) is 5.75 Å². The average Bonchev–Trinajstić information content (AvgIpc) is 2.84. The Labute approximate surface area is 172 Å². The van der Waals surface area contributed by atoms with Crippen LogP contribution in [0, 0.1) is 20.8 Å². The molecular formula is C21H21BrClNO3. The van der Waals surface area contributed by atoms with E-state index in [-0.39, 0.29) is 0 Å². The second-order valence-electron chi connectivity index (χ2n) is 6.86. The third-order valence-corrected chi connectivity index (χ3v) is 5.82. The van der Waals surface area contributed by atoms with Crippen LogP contribution >= 0.6 is 27.5 Å². The molecule has 142 valence electrons. The second kappa shape index (κ2) is 8.03. The van der Waals surface area contributed by atoms with Gasteiger partial charge in [-0.25, -0.2) is 0 Å². The van der Waals surface area contributed by atoms with Crippen molar-refractivity contribution in [2.24, 2.45) is 0 Å². The SMILES string of the molecule is Cc1cc(Br)c2c(c1)C(=O)C(=O)N2CCCCOc1cc(C)c(Cl)c(C)c1. The summed E-state index contributed by atoms with van der Waals surface area (Å²) >= 11 is 9.66. The Hall–Kier alpha value is -1.85. The van der Waals surface area contributed by atoms with E-state index >= 15 is 0 Å². The van der Waals surface area contributed by atoms with Gasteiger partial charge in [-0.1, -0.05) is 11.6 Å². The number of unbranched alkanes of at least 4 members (excludes halogenated alkanes) is 1. The number of carbonyl (C=O) groups is 2. The Morgan fingerprint density at radius 2 is 1.70 bits per heavy atom. The molecule has 1 amide bonds. The van der Waals surface area contributed by atoms with Crippen molar-refractivity contribution in [1.29, 1.82) is 0 Å². The smallest absolute Gasteiger partial charge is 0.299 e. The Kier molecular flexibility index (Phi) is 5.92. The highest BCUT2D eigenvalue weighted by Crippen LogP contribution is 2.37. The molecule has 0 fully saturated rings. The number of anilines is 1. The molecule has 6 heteroatoms. The predicted molar refractivity (Wildman–Crippen MR) is 111 cm³/mol. The summed E-state index contributed by atoms with van der Waals surface area (Å²) in [6, 6.07) is 7.54. The summed E-state index contributed by atoms with van der Waals surface area (Å²) in [7, 11) is 0. The molecule has 1 heterocycles. The molecule has 0 radical (unpaired) electrons. The van der Waals surface area contributed by atoms with E-state index in [1.807, 2.05) is 39.0 Å². The molecule has 0 aromatic heterocycles. The minimum Gasteiger partial charge on any atom is -0.494 e. The van der Waals surface area contributed by atoms with Crippen molar-refractivity contribution < 1.29 is 14.3 Å². The second-order valence-corrected chi connectivity index (χ2v) is 8.09. The first kappa shape index (κ1) is 19.9. The first-order valence-corrected chi connectivity index (χ1v) is 10.0. The molecule has 0 N–H and O–H groups in total. The minimum atomic E-state index is -0.457. The van der Waals surface area contributed by atoms with Gasteiger partial charge in [0.15, 0.2) is 0 Å². The third kappa shape index (κ3) is 4.04. The molecule has 0 saturated heterocycles. The van der Waals surface area contributed by atoms with E-state index in [0.717, 1.165) is 44.8 Å². The highest BCUT2D eigenvalue weighted by molar-refractivity contribution is 9.10. The summed E-state index contributed by atoms with van der Waals surface area (Å²) in [5.74, 6) is -0.0932. The van der Waals surface area contributed by atoms with Crippen molar-refractivity contribution in [2.75, 3.05) is 18.1 Å². The number of ether oxygens (including phenoxy) is 1. The van der Waals surface area contributed by atoms with Gasteiger partial charge >= 0.3 is 0 Å². The molecule has 4 nitrogen and oxygen atoms in total. The number of rotatable bonds is 6. The van der Waals surface area contributed by atoms with Crippen LogP contribution in [0.1, 0.15) is 39.9 Å². The van der Waals surface area contributed by atoms with Crippen molar-refractivity contribution in [3.05, 3.63) is 56.0 Å². The van der Waals surface area contributed by atoms with Crippen LogP contribution in [-0.2, 0) is 4.79 Å². The largest absolute Gasteiger partial charge is 0.494 e. The van der Waals surface area contributed by atoms with Crippen LogP contribution in [0.15, 0.2) is 28.7 Å². The fourth-order valence-electron chi connectivity index (χ4n) is 3.29. The zero-order valence-corrected chi connectivity index (χ0v) is 17.9. The van der Waals surface area contributed by atoms with Crippen molar-refractivity contribution in [3.63, 3.8) is 0 Å². The van der Waals surface area contributed by atoms with E-state index < -0.39 is 11.7 Å². The lowest BCUT2D eigenvalue weighted by Crippen LogP contribution is -2.31. The first-order chi connectivity index (χ1) is 12.8. The van der Waals surface area contributed by atoms with Crippen molar-refractivity contribution in [3.8, 4) is 5.75 Å². The number of benzene rings is 2. The summed E-state index contributed by atoms with van der Waals surface area (Å²) in [4.78, 5) is 26.1. The molecule has 0 atom stereocenters. The van der Waals surface area contributed by atoms with E-state index in [2.05, 4.69) is 15.9 Å². The highest BCUT2D eigenvalue weighted by atomic mass is 79.9. The Balaban J connectivity index is 1.58. The normalized spacial score (nSPS) is 13.3. The number of Topliss-reactive ketones (excluding diaryl/α,β-unsaturated/α-hetero) is 1. The number of amides is 1. The van der Waals surface area contributed by atoms with Gasteiger partial charge < -0.3 is 9.64 Å². The Morgan fingerprint density at radius 1 is 1.04 bits per heavy atom. The number of aryl methyl sites for hydroxylation is 3. The third-order valence-electron chi connectivity index (χ3n) is 4.62. The van der Waals surface area contributed by atoms with E-state index in [4.69, 9.17) is 16.3 Å². The van der Waals surface area contributed by atoms with Crippen LogP contribution in [0.25, 0.3) is 0 Å². The molecule has 1 aliphatic rings. The summed E-state index contributed by atoms with van der Waals surface area (Å²) in [6.07, 6.45) is 1.52. The molecule has 27 heavy (non-hydrogen) atoms. The molecule has 0 spiro atoms. The van der Waals surface area contributed by atoms with E-state index in [0.29, 0.717) is 24.4 Å². The molecule has 1 aliphatic heterocycles. The number of fused-ring (bicyclic) bond motifs is 1. The molecular weight excluding hydrogens is 430 g/mol. The van der Waals surface area contributed by atoms with Crippen molar-refractivity contribution >= 4 is 44.9 Å². The van der Waals surface area contributed by atoms with Gasteiger partial charge in [0.25, 0.3) is 11.7 Å². The van der Waals surface area contributed by atoms with Crippen molar-refractivity contribution in [1.82, 2.24) is 0 Å². The van der Waals surface area contributed by atoms with Crippen molar-refractivity contribution in [2.45, 2.75) is 33.6 Å². The maximum Gasteiger partial charge on any atom is 0.299 e. The van der Waals surface area contributed by atoms with Gasteiger partial charge in [-0.2, -0.15) is 0 Å². The molecule has 2 aromatic rings. The number of hydrogen-bond donors (Lipinski definition) is 0. The Morgan fingerprint density at radius 3 is 2.37 bits per heavy atom. The monoisotopic (exact) mass is 449 g/mol. The maximum atomic E-state index is 12.3. The van der Waals surface area contributed by atoms with E-state index in [1.165, 1.54) is 0 Å². The maximum absolute atomic E-state index is 12.3. The fourth-order valence-corrected chi connectivity index (χ4v) is 4.18. The van der Waals surface area contributed by atoms with Gasteiger partial charge in [-0.3, -0.25) is 9.59 Å². The van der Waals surface area contributed by atoms with Crippen LogP contribution in [0.4, 0.5) is 5.69 Å². The summed E-state index contributed by atoms with van der Waals surface area (Å²) < 4.78 is 6.58. The van der Waals surface area contributed by atoms with Gasteiger partial charge in [0, 0.05) is 16.0 Å². The lowest BCUT2D eigenvalue weighted by molar-refractivity contribution is -0.114. The number of ketones is 1. The quantitative estimate of drug-likeness (QED) is 0.436.